The number of ether oxygens (including phenoxy) is 1. The van der Waals surface area contributed by atoms with E-state index in [2.05, 4.69) is 21.3 Å². The lowest BCUT2D eigenvalue weighted by molar-refractivity contribution is -0.384. The molecule has 1 fully saturated rings. The van der Waals surface area contributed by atoms with Gasteiger partial charge < -0.3 is 23.9 Å². The van der Waals surface area contributed by atoms with Crippen LogP contribution in [0.3, 0.4) is 0 Å². The number of methoxy groups -OCH3 is 1. The summed E-state index contributed by atoms with van der Waals surface area (Å²) in [5.41, 5.74) is 4.03. The Labute approximate surface area is 213 Å². The summed E-state index contributed by atoms with van der Waals surface area (Å²) in [6, 6.07) is 16.1. The van der Waals surface area contributed by atoms with Gasteiger partial charge in [0.05, 0.1) is 48.7 Å². The van der Waals surface area contributed by atoms with Gasteiger partial charge in [-0.15, -0.1) is 0 Å². The van der Waals surface area contributed by atoms with Gasteiger partial charge in [-0.25, -0.2) is 0 Å². The van der Waals surface area contributed by atoms with E-state index in [1.54, 1.807) is 24.6 Å². The molecular formula is C26H25N5O4S. The minimum atomic E-state index is -0.386. The molecule has 1 saturated heterocycles. The van der Waals surface area contributed by atoms with Crippen LogP contribution in [0.25, 0.3) is 5.69 Å². The first-order chi connectivity index (χ1) is 17.4. The summed E-state index contributed by atoms with van der Waals surface area (Å²) in [5, 5.41) is 16.0. The third-order valence-electron chi connectivity index (χ3n) is 6.51. The van der Waals surface area contributed by atoms with Crippen molar-refractivity contribution in [2.24, 2.45) is 0 Å². The van der Waals surface area contributed by atoms with Crippen LogP contribution in [0.2, 0.25) is 0 Å². The summed E-state index contributed by atoms with van der Waals surface area (Å²) in [6.07, 6.45) is 3.40. The molecule has 0 radical (unpaired) electrons. The van der Waals surface area contributed by atoms with Gasteiger partial charge in [-0.3, -0.25) is 15.1 Å². The average molecular weight is 504 g/mol. The summed E-state index contributed by atoms with van der Waals surface area (Å²) >= 11 is 5.76. The molecule has 1 aromatic carbocycles. The molecule has 0 saturated carbocycles. The molecule has 4 heterocycles. The monoisotopic (exact) mass is 503 g/mol. The largest absolute Gasteiger partial charge is 0.496 e. The molecule has 36 heavy (non-hydrogen) atoms. The standard InChI is InChI=1S/C26H25N5O4S/c1-16-13-20(17(2)30(16)22-10-9-18(34-3)14-23(22)31(32)33)25-24(21-8-4-5-11-27-21)28-26(36)29(25)15-19-7-6-12-35-19/h4-14,24-25H,15H2,1-3H3,(H,28,36)/t24-,25-/m0/s1. The summed E-state index contributed by atoms with van der Waals surface area (Å²) in [7, 11) is 1.49. The molecule has 5 rings (SSSR count). The molecule has 2 atom stereocenters. The number of hydrogen-bond acceptors (Lipinski definition) is 6. The molecule has 1 aliphatic rings. The first-order valence-electron chi connectivity index (χ1n) is 11.4. The zero-order valence-electron chi connectivity index (χ0n) is 20.0. The van der Waals surface area contributed by atoms with Crippen molar-refractivity contribution in [3.63, 3.8) is 0 Å². The van der Waals surface area contributed by atoms with Gasteiger partial charge in [0, 0.05) is 17.6 Å². The van der Waals surface area contributed by atoms with Gasteiger partial charge in [0.25, 0.3) is 5.69 Å². The topological polar surface area (TPSA) is 98.6 Å². The molecule has 1 aliphatic heterocycles. The van der Waals surface area contributed by atoms with Crippen LogP contribution in [0.1, 0.15) is 40.5 Å². The van der Waals surface area contributed by atoms with Crippen molar-refractivity contribution in [3.05, 3.63) is 106 Å². The number of nitro groups is 1. The van der Waals surface area contributed by atoms with E-state index in [0.717, 1.165) is 28.4 Å². The number of pyridine rings is 1. The van der Waals surface area contributed by atoms with Gasteiger partial charge >= 0.3 is 0 Å². The third-order valence-corrected chi connectivity index (χ3v) is 6.87. The minimum Gasteiger partial charge on any atom is -0.496 e. The van der Waals surface area contributed by atoms with Crippen LogP contribution >= 0.6 is 12.2 Å². The number of nitrogens with one attached hydrogen (secondary N) is 1. The maximum atomic E-state index is 11.9. The van der Waals surface area contributed by atoms with E-state index in [1.165, 1.54) is 13.2 Å². The summed E-state index contributed by atoms with van der Waals surface area (Å²) < 4.78 is 12.8. The van der Waals surface area contributed by atoms with Gasteiger partial charge in [0.1, 0.15) is 17.2 Å². The summed E-state index contributed by atoms with van der Waals surface area (Å²) in [6.45, 7) is 4.38. The second-order valence-corrected chi connectivity index (χ2v) is 8.99. The molecule has 0 unspecified atom stereocenters. The molecule has 184 valence electrons. The minimum absolute atomic E-state index is 0.0310. The van der Waals surface area contributed by atoms with Crippen molar-refractivity contribution in [2.45, 2.75) is 32.5 Å². The Morgan fingerprint density at radius 2 is 2.03 bits per heavy atom. The first-order valence-corrected chi connectivity index (χ1v) is 11.8. The number of hydrogen-bond donors (Lipinski definition) is 1. The number of furan rings is 1. The van der Waals surface area contributed by atoms with E-state index in [1.807, 2.05) is 48.7 Å². The molecule has 4 aromatic rings. The van der Waals surface area contributed by atoms with Crippen molar-refractivity contribution in [1.82, 2.24) is 19.8 Å². The van der Waals surface area contributed by atoms with Gasteiger partial charge in [-0.1, -0.05) is 6.07 Å². The Bertz CT molecular complexity index is 1420. The fraction of sp³-hybridized carbons (Fsp3) is 0.231. The van der Waals surface area contributed by atoms with Gasteiger partial charge in [0.2, 0.25) is 0 Å². The lowest BCUT2D eigenvalue weighted by Gasteiger charge is -2.27. The van der Waals surface area contributed by atoms with Gasteiger partial charge in [0.15, 0.2) is 5.11 Å². The van der Waals surface area contributed by atoms with E-state index < -0.39 is 0 Å². The quantitative estimate of drug-likeness (QED) is 0.209. The van der Waals surface area contributed by atoms with Crippen LogP contribution in [0.4, 0.5) is 5.69 Å². The molecule has 10 heteroatoms. The molecule has 9 nitrogen and oxygen atoms in total. The number of benzene rings is 1. The van der Waals surface area contributed by atoms with Crippen molar-refractivity contribution >= 4 is 23.0 Å². The van der Waals surface area contributed by atoms with Crippen LogP contribution < -0.4 is 10.1 Å². The van der Waals surface area contributed by atoms with E-state index in [4.69, 9.17) is 21.4 Å². The molecular weight excluding hydrogens is 478 g/mol. The highest BCUT2D eigenvalue weighted by Gasteiger charge is 2.42. The Morgan fingerprint density at radius 3 is 2.69 bits per heavy atom. The fourth-order valence-electron chi connectivity index (χ4n) is 4.91. The highest BCUT2D eigenvalue weighted by Crippen LogP contribution is 2.43. The van der Waals surface area contributed by atoms with Gasteiger partial charge in [-0.05, 0) is 74.1 Å². The van der Waals surface area contributed by atoms with Crippen LogP contribution in [0, 0.1) is 24.0 Å². The zero-order chi connectivity index (χ0) is 25.4. The molecule has 3 aromatic heterocycles. The smallest absolute Gasteiger partial charge is 0.296 e. The predicted molar refractivity (Wildman–Crippen MR) is 138 cm³/mol. The van der Waals surface area contributed by atoms with Crippen molar-refractivity contribution in [2.75, 3.05) is 7.11 Å². The van der Waals surface area contributed by atoms with E-state index >= 15 is 0 Å². The SMILES string of the molecule is COc1ccc(-n2c(C)cc([C@H]3[C@H](c4ccccn4)NC(=S)N3Cc3ccco3)c2C)c([N+](=O)[O-])c1. The highest BCUT2D eigenvalue weighted by atomic mass is 32.1. The number of nitrogens with zero attached hydrogens (tertiary/aromatic N) is 4. The normalized spacial score (nSPS) is 17.3. The van der Waals surface area contributed by atoms with Crippen LogP contribution in [-0.4, -0.2) is 31.6 Å². The van der Waals surface area contributed by atoms with Gasteiger partial charge in [-0.2, -0.15) is 0 Å². The van der Waals surface area contributed by atoms with E-state index in [0.29, 0.717) is 23.1 Å². The Morgan fingerprint density at radius 1 is 1.19 bits per heavy atom. The maximum Gasteiger partial charge on any atom is 0.296 e. The number of nitro benzene ring substituents is 1. The summed E-state index contributed by atoms with van der Waals surface area (Å²) in [4.78, 5) is 18.2. The highest BCUT2D eigenvalue weighted by molar-refractivity contribution is 7.80. The molecule has 1 N–H and O–H groups in total. The van der Waals surface area contributed by atoms with Crippen LogP contribution in [0.5, 0.6) is 5.75 Å². The third kappa shape index (κ3) is 4.09. The Balaban J connectivity index is 1.65. The van der Waals surface area contributed by atoms with Crippen molar-refractivity contribution < 1.29 is 14.1 Å². The Hall–Kier alpha value is -4.18. The number of rotatable bonds is 7. The molecule has 0 amide bonds. The zero-order valence-corrected chi connectivity index (χ0v) is 20.9. The van der Waals surface area contributed by atoms with E-state index in [9.17, 15) is 10.1 Å². The second-order valence-electron chi connectivity index (χ2n) is 8.61. The lowest BCUT2D eigenvalue weighted by atomic mass is 9.96. The number of aryl methyl sites for hydroxylation is 1. The first kappa shape index (κ1) is 23.6. The number of aromatic nitrogens is 2. The summed E-state index contributed by atoms with van der Waals surface area (Å²) in [5.74, 6) is 1.21. The maximum absolute atomic E-state index is 11.9. The Kier molecular flexibility index (Phi) is 6.19. The fourth-order valence-corrected chi connectivity index (χ4v) is 5.21. The average Bonchev–Trinajstić information content (AvgIpc) is 3.58. The number of thiocarbonyl (C=S) groups is 1. The van der Waals surface area contributed by atoms with Crippen LogP contribution in [-0.2, 0) is 6.54 Å². The molecule has 0 spiro atoms. The lowest BCUT2D eigenvalue weighted by Crippen LogP contribution is -2.29. The molecule has 0 bridgehead atoms. The molecule has 0 aliphatic carbocycles. The van der Waals surface area contributed by atoms with E-state index in [-0.39, 0.29) is 22.7 Å². The second kappa shape index (κ2) is 9.46. The van der Waals surface area contributed by atoms with Crippen LogP contribution in [0.15, 0.2) is 71.5 Å². The predicted octanol–water partition coefficient (Wildman–Crippen LogP) is 5.17. The van der Waals surface area contributed by atoms with Crippen molar-refractivity contribution in [1.29, 1.82) is 0 Å². The van der Waals surface area contributed by atoms with Crippen molar-refractivity contribution in [3.8, 4) is 11.4 Å².